The van der Waals surface area contributed by atoms with Crippen molar-refractivity contribution in [2.45, 2.75) is 38.0 Å². The molecule has 3 heterocycles. The van der Waals surface area contributed by atoms with Crippen LogP contribution in [0.3, 0.4) is 0 Å². The Kier molecular flexibility index (Phi) is 4.17. The van der Waals surface area contributed by atoms with Crippen molar-refractivity contribution in [2.24, 2.45) is 0 Å². The lowest BCUT2D eigenvalue weighted by Crippen LogP contribution is -2.04. The molecule has 0 unspecified atom stereocenters. The summed E-state index contributed by atoms with van der Waals surface area (Å²) in [6, 6.07) is 3.88. The second-order valence-electron chi connectivity index (χ2n) is 5.23. The smallest absolute Gasteiger partial charge is 0.234 e. The fourth-order valence-corrected chi connectivity index (χ4v) is 3.83. The summed E-state index contributed by atoms with van der Waals surface area (Å²) in [5.74, 6) is 1.42. The summed E-state index contributed by atoms with van der Waals surface area (Å²) >= 11 is 1.68. The highest BCUT2D eigenvalue weighted by molar-refractivity contribution is 7.16. The van der Waals surface area contributed by atoms with E-state index >= 15 is 0 Å². The highest BCUT2D eigenvalue weighted by atomic mass is 35.5. The maximum Gasteiger partial charge on any atom is 0.234 e. The molecule has 0 spiro atoms. The van der Waals surface area contributed by atoms with Gasteiger partial charge in [0.05, 0.1) is 0 Å². The SMILES string of the molecule is Cl.c1cc(-c2nnc3sc(C4CCCCC4)nn23)ccn1. The quantitative estimate of drug-likeness (QED) is 0.722. The lowest BCUT2D eigenvalue weighted by molar-refractivity contribution is 0.440. The predicted molar refractivity (Wildman–Crippen MR) is 85.0 cm³/mol. The number of hydrogen-bond acceptors (Lipinski definition) is 5. The summed E-state index contributed by atoms with van der Waals surface area (Å²) in [5.41, 5.74) is 1.01. The topological polar surface area (TPSA) is 56.0 Å². The molecule has 0 aromatic carbocycles. The zero-order valence-electron chi connectivity index (χ0n) is 11.5. The second-order valence-corrected chi connectivity index (χ2v) is 6.22. The van der Waals surface area contributed by atoms with Crippen molar-refractivity contribution in [1.29, 1.82) is 0 Å². The minimum atomic E-state index is 0. The van der Waals surface area contributed by atoms with Gasteiger partial charge in [-0.2, -0.15) is 9.61 Å². The molecule has 0 radical (unpaired) electrons. The number of nitrogens with zero attached hydrogens (tertiary/aromatic N) is 5. The third-order valence-corrected chi connectivity index (χ3v) is 4.96. The predicted octanol–water partition coefficient (Wildman–Crippen LogP) is 3.72. The molecule has 0 aliphatic heterocycles. The molecule has 21 heavy (non-hydrogen) atoms. The average molecular weight is 322 g/mol. The number of fused-ring (bicyclic) bond motifs is 1. The van der Waals surface area contributed by atoms with Gasteiger partial charge in [-0.05, 0) is 25.0 Å². The van der Waals surface area contributed by atoms with Crippen molar-refractivity contribution in [1.82, 2.24) is 24.8 Å². The molecule has 7 heteroatoms. The highest BCUT2D eigenvalue weighted by Gasteiger charge is 2.21. The van der Waals surface area contributed by atoms with Crippen molar-refractivity contribution in [3.8, 4) is 11.4 Å². The fraction of sp³-hybridized carbons (Fsp3) is 0.429. The van der Waals surface area contributed by atoms with Gasteiger partial charge in [0.15, 0.2) is 5.82 Å². The molecule has 0 amide bonds. The van der Waals surface area contributed by atoms with E-state index in [9.17, 15) is 0 Å². The summed E-state index contributed by atoms with van der Waals surface area (Å²) in [4.78, 5) is 4.93. The monoisotopic (exact) mass is 321 g/mol. The van der Waals surface area contributed by atoms with E-state index < -0.39 is 0 Å². The van der Waals surface area contributed by atoms with Gasteiger partial charge in [0.1, 0.15) is 5.01 Å². The van der Waals surface area contributed by atoms with E-state index in [-0.39, 0.29) is 12.4 Å². The maximum absolute atomic E-state index is 4.76. The Morgan fingerprint density at radius 1 is 1.05 bits per heavy atom. The first-order valence-corrected chi connectivity index (χ1v) is 7.86. The molecule has 1 aliphatic carbocycles. The van der Waals surface area contributed by atoms with Crippen LogP contribution in [0.1, 0.15) is 43.0 Å². The second kappa shape index (κ2) is 6.07. The lowest BCUT2D eigenvalue weighted by Gasteiger charge is -2.18. The average Bonchev–Trinajstić information content (AvgIpc) is 3.09. The summed E-state index contributed by atoms with van der Waals surface area (Å²) < 4.78 is 1.88. The van der Waals surface area contributed by atoms with Crippen LogP contribution in [0.15, 0.2) is 24.5 Å². The molecular formula is C14H16ClN5S. The first-order valence-electron chi connectivity index (χ1n) is 7.04. The van der Waals surface area contributed by atoms with Crippen molar-refractivity contribution in [3.05, 3.63) is 29.5 Å². The molecule has 1 fully saturated rings. The van der Waals surface area contributed by atoms with Crippen LogP contribution < -0.4 is 0 Å². The number of aromatic nitrogens is 5. The number of hydrogen-bond donors (Lipinski definition) is 0. The van der Waals surface area contributed by atoms with E-state index in [4.69, 9.17) is 5.10 Å². The van der Waals surface area contributed by atoms with E-state index in [0.29, 0.717) is 5.92 Å². The standard InChI is InChI=1S/C14H15N5S.ClH/c1-2-4-11(5-3-1)13-18-19-12(16-17-14(19)20-13)10-6-8-15-9-7-10;/h6-9,11H,1-5H2;1H. The zero-order chi connectivity index (χ0) is 13.4. The summed E-state index contributed by atoms with van der Waals surface area (Å²) in [6.45, 7) is 0. The maximum atomic E-state index is 4.76. The molecule has 1 aliphatic rings. The van der Waals surface area contributed by atoms with Crippen LogP contribution in [0, 0.1) is 0 Å². The molecule has 1 saturated carbocycles. The van der Waals surface area contributed by atoms with E-state index in [1.54, 1.807) is 23.7 Å². The fourth-order valence-electron chi connectivity index (χ4n) is 2.83. The molecule has 3 aromatic heterocycles. The Morgan fingerprint density at radius 3 is 2.57 bits per heavy atom. The first-order chi connectivity index (χ1) is 9.92. The van der Waals surface area contributed by atoms with Crippen LogP contribution in [-0.2, 0) is 0 Å². The molecule has 5 nitrogen and oxygen atoms in total. The van der Waals surface area contributed by atoms with Crippen LogP contribution >= 0.6 is 23.7 Å². The van der Waals surface area contributed by atoms with Gasteiger partial charge in [-0.15, -0.1) is 22.6 Å². The first kappa shape index (κ1) is 14.4. The largest absolute Gasteiger partial charge is 0.265 e. The van der Waals surface area contributed by atoms with Gasteiger partial charge in [0, 0.05) is 23.9 Å². The van der Waals surface area contributed by atoms with Gasteiger partial charge >= 0.3 is 0 Å². The zero-order valence-corrected chi connectivity index (χ0v) is 13.1. The van der Waals surface area contributed by atoms with E-state index in [2.05, 4.69) is 15.2 Å². The molecule has 0 bridgehead atoms. The van der Waals surface area contributed by atoms with Crippen LogP contribution in [0.25, 0.3) is 16.3 Å². The number of halogens is 1. The van der Waals surface area contributed by atoms with E-state index in [1.807, 2.05) is 16.6 Å². The molecule has 0 atom stereocenters. The summed E-state index contributed by atoms with van der Waals surface area (Å²) in [5, 5.41) is 14.5. The van der Waals surface area contributed by atoms with E-state index in [0.717, 1.165) is 16.3 Å². The molecule has 3 aromatic rings. The Hall–Kier alpha value is -1.53. The molecule has 4 rings (SSSR count). The van der Waals surface area contributed by atoms with Gasteiger partial charge in [-0.1, -0.05) is 30.6 Å². The molecular weight excluding hydrogens is 306 g/mol. The molecule has 0 saturated heterocycles. The van der Waals surface area contributed by atoms with Crippen LogP contribution in [0.4, 0.5) is 0 Å². The Morgan fingerprint density at radius 2 is 1.81 bits per heavy atom. The number of pyridine rings is 1. The van der Waals surface area contributed by atoms with Crippen LogP contribution in [-0.4, -0.2) is 24.8 Å². The third-order valence-electron chi connectivity index (χ3n) is 3.90. The van der Waals surface area contributed by atoms with Crippen LogP contribution in [0.2, 0.25) is 0 Å². The summed E-state index contributed by atoms with van der Waals surface area (Å²) in [7, 11) is 0. The van der Waals surface area contributed by atoms with Gasteiger partial charge < -0.3 is 0 Å². The minimum Gasteiger partial charge on any atom is -0.265 e. The Labute approximate surface area is 132 Å². The third kappa shape index (κ3) is 2.65. The Balaban J connectivity index is 0.00000132. The van der Waals surface area contributed by atoms with Crippen molar-refractivity contribution in [2.75, 3.05) is 0 Å². The summed E-state index contributed by atoms with van der Waals surface area (Å²) in [6.07, 6.45) is 10.1. The lowest BCUT2D eigenvalue weighted by atomic mass is 9.90. The van der Waals surface area contributed by atoms with Crippen molar-refractivity contribution < 1.29 is 0 Å². The molecule has 110 valence electrons. The minimum absolute atomic E-state index is 0. The van der Waals surface area contributed by atoms with Crippen molar-refractivity contribution >= 4 is 28.7 Å². The van der Waals surface area contributed by atoms with Gasteiger partial charge in [-0.25, -0.2) is 0 Å². The highest BCUT2D eigenvalue weighted by Crippen LogP contribution is 2.35. The van der Waals surface area contributed by atoms with Gasteiger partial charge in [0.2, 0.25) is 4.96 Å². The van der Waals surface area contributed by atoms with Crippen LogP contribution in [0.5, 0.6) is 0 Å². The Bertz CT molecular complexity index is 717. The number of rotatable bonds is 2. The van der Waals surface area contributed by atoms with Gasteiger partial charge in [-0.3, -0.25) is 4.98 Å². The molecule has 0 N–H and O–H groups in total. The van der Waals surface area contributed by atoms with Crippen molar-refractivity contribution in [3.63, 3.8) is 0 Å². The normalized spacial score (nSPS) is 16.0. The van der Waals surface area contributed by atoms with E-state index in [1.165, 1.54) is 37.1 Å². The van der Waals surface area contributed by atoms with Gasteiger partial charge in [0.25, 0.3) is 0 Å².